The van der Waals surface area contributed by atoms with Gasteiger partial charge in [-0.3, -0.25) is 9.52 Å². The van der Waals surface area contributed by atoms with E-state index in [-0.39, 0.29) is 17.3 Å². The monoisotopic (exact) mass is 374 g/mol. The van der Waals surface area contributed by atoms with Crippen LogP contribution >= 0.6 is 0 Å². The molecule has 1 heterocycles. The number of amides is 1. The molecule has 1 aliphatic heterocycles. The number of nitrogens with one attached hydrogen (secondary N) is 2. The Morgan fingerprint density at radius 3 is 2.77 bits per heavy atom. The van der Waals surface area contributed by atoms with Gasteiger partial charge in [0.15, 0.2) is 0 Å². The van der Waals surface area contributed by atoms with Crippen molar-refractivity contribution in [1.29, 1.82) is 0 Å². The maximum Gasteiger partial charge on any atom is 0.253 e. The molecule has 1 aliphatic rings. The van der Waals surface area contributed by atoms with Crippen LogP contribution in [0.5, 0.6) is 5.75 Å². The molecule has 2 N–H and O–H groups in total. The Morgan fingerprint density at radius 2 is 1.96 bits per heavy atom. The minimum atomic E-state index is -3.47. The maximum absolute atomic E-state index is 12.6. The van der Waals surface area contributed by atoms with E-state index in [1.54, 1.807) is 31.2 Å². The molecule has 0 spiro atoms. The average Bonchev–Trinajstić information content (AvgIpc) is 3.09. The zero-order chi connectivity index (χ0) is 18.6. The summed E-state index contributed by atoms with van der Waals surface area (Å²) in [6.07, 6.45) is 1.38. The molecule has 0 fully saturated rings. The van der Waals surface area contributed by atoms with E-state index in [2.05, 4.69) is 10.0 Å². The van der Waals surface area contributed by atoms with Gasteiger partial charge in [-0.1, -0.05) is 37.3 Å². The summed E-state index contributed by atoms with van der Waals surface area (Å²) in [4.78, 5) is 12.6. The van der Waals surface area contributed by atoms with Crippen LogP contribution < -0.4 is 14.8 Å². The highest BCUT2D eigenvalue weighted by atomic mass is 32.2. The molecule has 0 radical (unpaired) electrons. The molecule has 0 aliphatic carbocycles. The second-order valence-electron chi connectivity index (χ2n) is 6.15. The molecule has 138 valence electrons. The Hall–Kier alpha value is -2.54. The van der Waals surface area contributed by atoms with Crippen LogP contribution in [-0.4, -0.2) is 26.7 Å². The predicted octanol–water partition coefficient (Wildman–Crippen LogP) is 2.70. The number of rotatable bonds is 7. The van der Waals surface area contributed by atoms with Crippen LogP contribution in [-0.2, 0) is 23.0 Å². The van der Waals surface area contributed by atoms with Crippen molar-refractivity contribution in [2.45, 2.75) is 26.3 Å². The molecule has 7 heteroatoms. The Kier molecular flexibility index (Phi) is 5.46. The molecular formula is C19H22N2O4S. The van der Waals surface area contributed by atoms with E-state index in [1.807, 2.05) is 18.2 Å². The van der Waals surface area contributed by atoms with Gasteiger partial charge in [-0.25, -0.2) is 8.42 Å². The molecule has 0 atom stereocenters. The smallest absolute Gasteiger partial charge is 0.253 e. The molecule has 0 saturated heterocycles. The first-order chi connectivity index (χ1) is 12.5. The quantitative estimate of drug-likeness (QED) is 0.780. The summed E-state index contributed by atoms with van der Waals surface area (Å²) in [6.45, 7) is 2.76. The molecule has 6 nitrogen and oxygen atoms in total. The van der Waals surface area contributed by atoms with E-state index in [4.69, 9.17) is 4.74 Å². The number of sulfonamides is 1. The van der Waals surface area contributed by atoms with Gasteiger partial charge in [0.25, 0.3) is 5.91 Å². The van der Waals surface area contributed by atoms with Crippen LogP contribution in [0.1, 0.15) is 34.8 Å². The normalized spacial score (nSPS) is 13.0. The van der Waals surface area contributed by atoms with Crippen molar-refractivity contribution in [2.75, 3.05) is 17.1 Å². The molecule has 26 heavy (non-hydrogen) atoms. The third-order valence-corrected chi connectivity index (χ3v) is 5.62. The van der Waals surface area contributed by atoms with Crippen LogP contribution in [0.15, 0.2) is 42.5 Å². The molecule has 0 unspecified atom stereocenters. The van der Waals surface area contributed by atoms with Gasteiger partial charge in [0, 0.05) is 18.5 Å². The summed E-state index contributed by atoms with van der Waals surface area (Å²) in [6, 6.07) is 12.5. The number of carbonyl (C=O) groups is 1. The Labute approximate surface area is 153 Å². The number of benzene rings is 2. The van der Waals surface area contributed by atoms with Gasteiger partial charge in [0.1, 0.15) is 5.75 Å². The molecule has 2 aromatic rings. The number of carbonyl (C=O) groups excluding carboxylic acids is 1. The third-order valence-electron chi connectivity index (χ3n) is 4.15. The van der Waals surface area contributed by atoms with Crippen molar-refractivity contribution in [2.24, 2.45) is 0 Å². The fourth-order valence-electron chi connectivity index (χ4n) is 2.95. The van der Waals surface area contributed by atoms with E-state index in [0.717, 1.165) is 23.3 Å². The minimum absolute atomic E-state index is 0.0104. The molecule has 2 aromatic carbocycles. The van der Waals surface area contributed by atoms with Gasteiger partial charge in [0.05, 0.1) is 23.6 Å². The van der Waals surface area contributed by atoms with Gasteiger partial charge in [0.2, 0.25) is 10.0 Å². The third kappa shape index (κ3) is 4.16. The van der Waals surface area contributed by atoms with Crippen molar-refractivity contribution >= 4 is 21.6 Å². The lowest BCUT2D eigenvalue weighted by atomic mass is 10.1. The van der Waals surface area contributed by atoms with Gasteiger partial charge < -0.3 is 10.1 Å². The molecule has 3 rings (SSSR count). The number of para-hydroxylation sites is 2. The zero-order valence-electron chi connectivity index (χ0n) is 14.6. The van der Waals surface area contributed by atoms with Gasteiger partial charge in [-0.2, -0.15) is 0 Å². The first kappa shape index (κ1) is 18.3. The Bertz CT molecular complexity index is 910. The minimum Gasteiger partial charge on any atom is -0.493 e. The van der Waals surface area contributed by atoms with Crippen LogP contribution in [0, 0.1) is 0 Å². The van der Waals surface area contributed by atoms with E-state index in [0.29, 0.717) is 25.1 Å². The van der Waals surface area contributed by atoms with E-state index in [9.17, 15) is 13.2 Å². The van der Waals surface area contributed by atoms with Crippen molar-refractivity contribution in [1.82, 2.24) is 5.32 Å². The van der Waals surface area contributed by atoms with Crippen molar-refractivity contribution in [3.05, 3.63) is 59.2 Å². The van der Waals surface area contributed by atoms with Crippen LogP contribution in [0.4, 0.5) is 5.69 Å². The first-order valence-electron chi connectivity index (χ1n) is 8.61. The summed E-state index contributed by atoms with van der Waals surface area (Å²) >= 11 is 0. The molecule has 0 saturated carbocycles. The van der Waals surface area contributed by atoms with Crippen molar-refractivity contribution in [3.63, 3.8) is 0 Å². The topological polar surface area (TPSA) is 84.5 Å². The predicted molar refractivity (Wildman–Crippen MR) is 101 cm³/mol. The van der Waals surface area contributed by atoms with Gasteiger partial charge in [-0.15, -0.1) is 0 Å². The van der Waals surface area contributed by atoms with E-state index in [1.165, 1.54) is 0 Å². The highest BCUT2D eigenvalue weighted by Gasteiger charge is 2.18. The number of anilines is 1. The number of hydrogen-bond donors (Lipinski definition) is 2. The van der Waals surface area contributed by atoms with Gasteiger partial charge >= 0.3 is 0 Å². The zero-order valence-corrected chi connectivity index (χ0v) is 15.4. The SMILES string of the molecule is CCCS(=O)(=O)Nc1ccccc1C(=O)NCc1cccc2c1OCC2. The van der Waals surface area contributed by atoms with Crippen LogP contribution in [0.25, 0.3) is 0 Å². The van der Waals surface area contributed by atoms with E-state index >= 15 is 0 Å². The standard InChI is InChI=1S/C19H22N2O4S/c1-2-12-26(23,24)21-17-9-4-3-8-16(17)19(22)20-13-15-7-5-6-14-10-11-25-18(14)15/h3-9,21H,2,10-13H2,1H3,(H,20,22). The average molecular weight is 374 g/mol. The second-order valence-corrected chi connectivity index (χ2v) is 7.99. The Morgan fingerprint density at radius 1 is 1.15 bits per heavy atom. The number of ether oxygens (including phenoxy) is 1. The highest BCUT2D eigenvalue weighted by Crippen LogP contribution is 2.29. The van der Waals surface area contributed by atoms with Crippen molar-refractivity contribution in [3.8, 4) is 5.75 Å². The second kappa shape index (κ2) is 7.78. The van der Waals surface area contributed by atoms with E-state index < -0.39 is 10.0 Å². The summed E-state index contributed by atoms with van der Waals surface area (Å²) in [5, 5.41) is 2.85. The van der Waals surface area contributed by atoms with Crippen LogP contribution in [0.3, 0.4) is 0 Å². The van der Waals surface area contributed by atoms with Crippen molar-refractivity contribution < 1.29 is 17.9 Å². The summed E-state index contributed by atoms with van der Waals surface area (Å²) in [7, 11) is -3.47. The first-order valence-corrected chi connectivity index (χ1v) is 10.3. The fraction of sp³-hybridized carbons (Fsp3) is 0.316. The highest BCUT2D eigenvalue weighted by molar-refractivity contribution is 7.92. The maximum atomic E-state index is 12.6. The number of hydrogen-bond acceptors (Lipinski definition) is 4. The summed E-state index contributed by atoms with van der Waals surface area (Å²) in [5.41, 5.74) is 2.63. The molecular weight excluding hydrogens is 352 g/mol. The summed E-state index contributed by atoms with van der Waals surface area (Å²) in [5.74, 6) is 0.510. The Balaban J connectivity index is 1.74. The largest absolute Gasteiger partial charge is 0.493 e. The molecule has 0 bridgehead atoms. The van der Waals surface area contributed by atoms with Crippen LogP contribution in [0.2, 0.25) is 0 Å². The lowest BCUT2D eigenvalue weighted by Gasteiger charge is -2.13. The lowest BCUT2D eigenvalue weighted by Crippen LogP contribution is -2.25. The number of fused-ring (bicyclic) bond motifs is 1. The van der Waals surface area contributed by atoms with Gasteiger partial charge in [-0.05, 0) is 24.1 Å². The molecule has 1 amide bonds. The summed E-state index contributed by atoms with van der Waals surface area (Å²) < 4.78 is 32.2. The molecule has 0 aromatic heterocycles. The fourth-order valence-corrected chi connectivity index (χ4v) is 4.10. The lowest BCUT2D eigenvalue weighted by molar-refractivity contribution is 0.0951.